The Balaban J connectivity index is 2.65. The minimum atomic E-state index is -4.73. The van der Waals surface area contributed by atoms with Gasteiger partial charge in [0.2, 0.25) is 5.82 Å². The molecule has 0 unspecified atom stereocenters. The van der Waals surface area contributed by atoms with Gasteiger partial charge in [0.1, 0.15) is 10.5 Å². The molecule has 2 N–H and O–H groups in total. The summed E-state index contributed by atoms with van der Waals surface area (Å²) in [7, 11) is -4.73. The lowest BCUT2D eigenvalue weighted by atomic mass is 10.1. The van der Waals surface area contributed by atoms with Crippen LogP contribution >= 0.6 is 67.8 Å². The first-order chi connectivity index (χ1) is 12.3. The minimum Gasteiger partial charge on any atom is -0.320 e. The van der Waals surface area contributed by atoms with Gasteiger partial charge in [-0.05, 0) is 73.8 Å². The number of amides is 1. The third kappa shape index (κ3) is 4.32. The third-order valence-corrected chi connectivity index (χ3v) is 7.51. The highest BCUT2D eigenvalue weighted by molar-refractivity contribution is 14.1. The Morgan fingerprint density at radius 1 is 0.889 bits per heavy atom. The zero-order valence-electron chi connectivity index (χ0n) is 12.2. The van der Waals surface area contributed by atoms with Gasteiger partial charge in [-0.3, -0.25) is 9.35 Å². The zero-order chi connectivity index (χ0) is 20.8. The fourth-order valence-corrected chi connectivity index (χ4v) is 7.85. The predicted molar refractivity (Wildman–Crippen MR) is 109 cm³/mol. The molecule has 5 nitrogen and oxygen atoms in total. The van der Waals surface area contributed by atoms with Gasteiger partial charge in [-0.2, -0.15) is 8.42 Å². The number of carbonyl (C=O) groups excluding carboxylic acids is 1. The van der Waals surface area contributed by atoms with Crippen LogP contribution in [0.15, 0.2) is 11.0 Å². The van der Waals surface area contributed by atoms with Crippen LogP contribution in [0.4, 0.5) is 27.6 Å². The highest BCUT2D eigenvalue weighted by Gasteiger charge is 2.31. The summed E-state index contributed by atoms with van der Waals surface area (Å²) in [4.78, 5) is 11.6. The van der Waals surface area contributed by atoms with E-state index in [0.717, 1.165) is 0 Å². The molecule has 0 saturated heterocycles. The van der Waals surface area contributed by atoms with Crippen molar-refractivity contribution in [3.8, 4) is 0 Å². The van der Waals surface area contributed by atoms with Crippen molar-refractivity contribution in [2.45, 2.75) is 4.90 Å². The first-order valence-corrected chi connectivity index (χ1v) is 10.9. The van der Waals surface area contributed by atoms with E-state index in [2.05, 4.69) is 0 Å². The average molecular weight is 745 g/mol. The summed E-state index contributed by atoms with van der Waals surface area (Å²) in [5.41, 5.74) is -2.02. The third-order valence-electron chi connectivity index (χ3n) is 3.06. The van der Waals surface area contributed by atoms with Crippen molar-refractivity contribution in [1.29, 1.82) is 0 Å². The topological polar surface area (TPSA) is 83.5 Å². The van der Waals surface area contributed by atoms with E-state index in [4.69, 9.17) is 0 Å². The molecular formula is C13H3F5I3NO4S. The quantitative estimate of drug-likeness (QED) is 0.157. The second kappa shape index (κ2) is 8.19. The minimum absolute atomic E-state index is 0.0816. The van der Waals surface area contributed by atoms with Crippen molar-refractivity contribution in [2.24, 2.45) is 0 Å². The van der Waals surface area contributed by atoms with E-state index in [-0.39, 0.29) is 16.4 Å². The number of hydrogen-bond acceptors (Lipinski definition) is 3. The summed E-state index contributed by atoms with van der Waals surface area (Å²) >= 11 is 4.70. The molecule has 0 saturated carbocycles. The van der Waals surface area contributed by atoms with Crippen LogP contribution in [0.1, 0.15) is 10.4 Å². The molecule has 0 spiro atoms. The molecule has 146 valence electrons. The van der Waals surface area contributed by atoms with Gasteiger partial charge in [0.15, 0.2) is 23.3 Å². The molecule has 2 aromatic rings. The molecule has 0 bridgehead atoms. The van der Waals surface area contributed by atoms with Crippen molar-refractivity contribution >= 4 is 89.5 Å². The van der Waals surface area contributed by atoms with Crippen LogP contribution < -0.4 is 5.32 Å². The molecule has 0 aliphatic heterocycles. The van der Waals surface area contributed by atoms with E-state index >= 15 is 0 Å². The van der Waals surface area contributed by atoms with Gasteiger partial charge in [-0.25, -0.2) is 22.0 Å². The maximum atomic E-state index is 13.8. The fraction of sp³-hybridized carbons (Fsp3) is 0. The Bertz CT molecular complexity index is 1070. The lowest BCUT2D eigenvalue weighted by Gasteiger charge is -2.15. The Hall–Kier alpha value is -0.340. The molecule has 2 aromatic carbocycles. The van der Waals surface area contributed by atoms with Gasteiger partial charge in [0.25, 0.3) is 16.0 Å². The van der Waals surface area contributed by atoms with Crippen LogP contribution in [0.3, 0.4) is 0 Å². The first-order valence-electron chi connectivity index (χ1n) is 6.26. The summed E-state index contributed by atoms with van der Waals surface area (Å²) in [6.45, 7) is 0. The zero-order valence-corrected chi connectivity index (χ0v) is 19.5. The summed E-state index contributed by atoms with van der Waals surface area (Å²) < 4.78 is 99.5. The molecule has 0 aromatic heterocycles. The van der Waals surface area contributed by atoms with Crippen LogP contribution in [0.5, 0.6) is 0 Å². The standard InChI is InChI=1S/C13H3F5I3NO4S/c14-5-4(6(15)8(17)9(18)7(5)16)13(23)22-11-2(19)1-3(20)12(10(11)21)27(24,25)26/h1H,(H,22,23)(H,24,25,26). The van der Waals surface area contributed by atoms with E-state index in [1.54, 1.807) is 45.2 Å². The lowest BCUT2D eigenvalue weighted by molar-refractivity contribution is 0.101. The fourth-order valence-electron chi connectivity index (χ4n) is 1.90. The SMILES string of the molecule is O=C(Nc1c(I)cc(I)c(S(=O)(=O)O)c1I)c1c(F)c(F)c(F)c(F)c1F. The Labute approximate surface area is 189 Å². The molecule has 0 fully saturated rings. The Kier molecular flexibility index (Phi) is 6.96. The first kappa shape index (κ1) is 22.9. The summed E-state index contributed by atoms with van der Waals surface area (Å²) in [6.07, 6.45) is 0. The van der Waals surface area contributed by atoms with Gasteiger partial charge in [-0.1, -0.05) is 0 Å². The van der Waals surface area contributed by atoms with Crippen molar-refractivity contribution in [3.63, 3.8) is 0 Å². The van der Waals surface area contributed by atoms with Crippen LogP contribution in [0, 0.1) is 39.8 Å². The van der Waals surface area contributed by atoms with Gasteiger partial charge in [-0.15, -0.1) is 0 Å². The van der Waals surface area contributed by atoms with E-state index < -0.39 is 55.6 Å². The second-order valence-corrected chi connectivity index (χ2v) is 9.49. The molecule has 2 rings (SSSR count). The lowest BCUT2D eigenvalue weighted by Crippen LogP contribution is -2.21. The molecule has 0 aliphatic rings. The van der Waals surface area contributed by atoms with Gasteiger partial charge < -0.3 is 5.32 Å². The second-order valence-electron chi connectivity index (χ2n) is 4.73. The van der Waals surface area contributed by atoms with Crippen molar-refractivity contribution in [3.05, 3.63) is 51.4 Å². The van der Waals surface area contributed by atoms with Crippen molar-refractivity contribution in [1.82, 2.24) is 0 Å². The largest absolute Gasteiger partial charge is 0.320 e. The summed E-state index contributed by atoms with van der Waals surface area (Å²) in [5.74, 6) is -13.4. The van der Waals surface area contributed by atoms with E-state index in [1.165, 1.54) is 28.7 Å². The molecule has 14 heteroatoms. The van der Waals surface area contributed by atoms with Crippen LogP contribution in [-0.2, 0) is 10.1 Å². The maximum Gasteiger partial charge on any atom is 0.296 e. The van der Waals surface area contributed by atoms with Crippen molar-refractivity contribution in [2.75, 3.05) is 5.32 Å². The van der Waals surface area contributed by atoms with E-state index in [0.29, 0.717) is 0 Å². The van der Waals surface area contributed by atoms with E-state index in [1.807, 2.05) is 5.32 Å². The van der Waals surface area contributed by atoms with Crippen LogP contribution in [0.25, 0.3) is 0 Å². The molecule has 27 heavy (non-hydrogen) atoms. The van der Waals surface area contributed by atoms with Crippen LogP contribution in [0.2, 0.25) is 0 Å². The molecule has 0 radical (unpaired) electrons. The molecule has 0 heterocycles. The number of hydrogen-bond donors (Lipinski definition) is 2. The van der Waals surface area contributed by atoms with Crippen molar-refractivity contribution < 1.29 is 39.7 Å². The maximum absolute atomic E-state index is 13.8. The van der Waals surface area contributed by atoms with Gasteiger partial charge in [0.05, 0.1) is 9.26 Å². The number of nitrogens with one attached hydrogen (secondary N) is 1. The number of rotatable bonds is 3. The number of anilines is 1. The molecule has 0 atom stereocenters. The number of halogens is 8. The Morgan fingerprint density at radius 3 is 1.78 bits per heavy atom. The predicted octanol–water partition coefficient (Wildman–Crippen LogP) is 4.69. The monoisotopic (exact) mass is 745 g/mol. The normalized spacial score (nSPS) is 11.6. The molecular weight excluding hydrogens is 742 g/mol. The van der Waals surface area contributed by atoms with Gasteiger partial charge >= 0.3 is 0 Å². The van der Waals surface area contributed by atoms with Gasteiger partial charge in [0, 0.05) is 7.14 Å². The average Bonchev–Trinajstić information content (AvgIpc) is 2.53. The van der Waals surface area contributed by atoms with E-state index in [9.17, 15) is 39.7 Å². The smallest absolute Gasteiger partial charge is 0.296 e. The molecule has 0 aliphatic carbocycles. The summed E-state index contributed by atoms with van der Waals surface area (Å²) in [5, 5.41) is 1.92. The number of benzene rings is 2. The highest BCUT2D eigenvalue weighted by Crippen LogP contribution is 2.35. The number of carbonyl (C=O) groups is 1. The highest BCUT2D eigenvalue weighted by atomic mass is 127. The molecule has 1 amide bonds. The summed E-state index contributed by atoms with van der Waals surface area (Å²) in [6, 6.07) is 1.22. The Morgan fingerprint density at radius 2 is 1.33 bits per heavy atom. The van der Waals surface area contributed by atoms with Crippen LogP contribution in [-0.4, -0.2) is 18.9 Å².